The lowest BCUT2D eigenvalue weighted by Gasteiger charge is -2.06. The van der Waals surface area contributed by atoms with E-state index < -0.39 is 0 Å². The highest BCUT2D eigenvalue weighted by atomic mass is 32.1. The molecule has 0 spiro atoms. The molecule has 0 amide bonds. The van der Waals surface area contributed by atoms with Crippen LogP contribution in [-0.2, 0) is 0 Å². The predicted octanol–water partition coefficient (Wildman–Crippen LogP) is 3.83. The van der Waals surface area contributed by atoms with E-state index in [1.165, 1.54) is 0 Å². The van der Waals surface area contributed by atoms with Gasteiger partial charge in [0, 0.05) is 11.9 Å². The van der Waals surface area contributed by atoms with Crippen molar-refractivity contribution in [1.29, 1.82) is 5.26 Å². The maximum absolute atomic E-state index is 8.81. The first kappa shape index (κ1) is 14.2. The van der Waals surface area contributed by atoms with E-state index in [0.29, 0.717) is 11.5 Å². The molecule has 3 rings (SSSR count). The van der Waals surface area contributed by atoms with E-state index in [9.17, 15) is 0 Å². The highest BCUT2D eigenvalue weighted by Crippen LogP contribution is 2.28. The lowest BCUT2D eigenvalue weighted by atomic mass is 10.2. The molecule has 3 aromatic rings. The minimum atomic E-state index is 0.521. The number of hydrogen-bond acceptors (Lipinski definition) is 6. The van der Waals surface area contributed by atoms with E-state index in [0.717, 1.165) is 27.0 Å². The number of aromatic nitrogens is 3. The first-order chi connectivity index (χ1) is 10.7. The van der Waals surface area contributed by atoms with Gasteiger partial charge in [-0.05, 0) is 44.2 Å². The molecule has 6 heteroatoms. The Morgan fingerprint density at radius 2 is 1.86 bits per heavy atom. The third-order valence-corrected chi connectivity index (χ3v) is 4.16. The number of nitrogens with zero attached hydrogens (tertiary/aromatic N) is 4. The van der Waals surface area contributed by atoms with Crippen molar-refractivity contribution in [2.45, 2.75) is 13.8 Å². The maximum Gasteiger partial charge on any atom is 0.227 e. The molecule has 0 saturated heterocycles. The summed E-state index contributed by atoms with van der Waals surface area (Å²) in [6.07, 6.45) is 1.73. The standard InChI is InChI=1S/C16H13N5S/c1-10-15(22-11(2)19-10)14-7-8-18-16(21-14)20-13-5-3-12(9-17)4-6-13/h3-8H,1-2H3,(H,18,20,21). The van der Waals surface area contributed by atoms with Gasteiger partial charge in [-0.2, -0.15) is 5.26 Å². The molecule has 0 aliphatic rings. The molecule has 1 aromatic carbocycles. The number of rotatable bonds is 3. The molecule has 0 unspecified atom stereocenters. The van der Waals surface area contributed by atoms with Crippen LogP contribution in [0.1, 0.15) is 16.3 Å². The predicted molar refractivity (Wildman–Crippen MR) is 87.1 cm³/mol. The van der Waals surface area contributed by atoms with Crippen LogP contribution in [0.15, 0.2) is 36.5 Å². The molecule has 0 bridgehead atoms. The molecule has 0 aliphatic heterocycles. The van der Waals surface area contributed by atoms with Gasteiger partial charge in [-0.3, -0.25) is 0 Å². The largest absolute Gasteiger partial charge is 0.324 e. The van der Waals surface area contributed by atoms with Crippen LogP contribution in [0.25, 0.3) is 10.6 Å². The van der Waals surface area contributed by atoms with E-state index in [1.54, 1.807) is 29.7 Å². The summed E-state index contributed by atoms with van der Waals surface area (Å²) in [5.41, 5.74) is 3.30. The second-order valence-corrected chi connectivity index (χ2v) is 5.93. The van der Waals surface area contributed by atoms with Crippen LogP contribution in [0.5, 0.6) is 0 Å². The topological polar surface area (TPSA) is 74.5 Å². The van der Waals surface area contributed by atoms with Crippen LogP contribution in [0.2, 0.25) is 0 Å². The van der Waals surface area contributed by atoms with Crippen molar-refractivity contribution in [2.75, 3.05) is 5.32 Å². The number of benzene rings is 1. The first-order valence-electron chi connectivity index (χ1n) is 6.70. The Hall–Kier alpha value is -2.78. The quantitative estimate of drug-likeness (QED) is 0.796. The summed E-state index contributed by atoms with van der Waals surface area (Å²) in [7, 11) is 0. The minimum Gasteiger partial charge on any atom is -0.324 e. The van der Waals surface area contributed by atoms with Gasteiger partial charge < -0.3 is 5.32 Å². The van der Waals surface area contributed by atoms with Crippen molar-refractivity contribution in [3.05, 3.63) is 52.8 Å². The van der Waals surface area contributed by atoms with Gasteiger partial charge >= 0.3 is 0 Å². The van der Waals surface area contributed by atoms with Crippen LogP contribution in [0.3, 0.4) is 0 Å². The number of aryl methyl sites for hydroxylation is 2. The lowest BCUT2D eigenvalue weighted by Crippen LogP contribution is -1.97. The molecular formula is C16H13N5S. The van der Waals surface area contributed by atoms with Gasteiger partial charge in [-0.25, -0.2) is 15.0 Å². The van der Waals surface area contributed by atoms with Crippen molar-refractivity contribution in [3.8, 4) is 16.6 Å². The number of nitriles is 1. The summed E-state index contributed by atoms with van der Waals surface area (Å²) in [6, 6.07) is 11.1. The van der Waals surface area contributed by atoms with Gasteiger partial charge in [-0.15, -0.1) is 11.3 Å². The van der Waals surface area contributed by atoms with E-state index in [-0.39, 0.29) is 0 Å². The fourth-order valence-corrected chi connectivity index (χ4v) is 2.96. The number of hydrogen-bond donors (Lipinski definition) is 1. The van der Waals surface area contributed by atoms with Crippen LogP contribution < -0.4 is 5.32 Å². The average molecular weight is 307 g/mol. The minimum absolute atomic E-state index is 0.521. The van der Waals surface area contributed by atoms with Crippen LogP contribution in [-0.4, -0.2) is 15.0 Å². The second-order valence-electron chi connectivity index (χ2n) is 4.73. The third kappa shape index (κ3) is 2.95. The molecule has 22 heavy (non-hydrogen) atoms. The van der Waals surface area contributed by atoms with Gasteiger partial charge in [0.1, 0.15) is 0 Å². The molecule has 2 heterocycles. The van der Waals surface area contributed by atoms with Gasteiger partial charge in [0.25, 0.3) is 0 Å². The Bertz CT molecular complexity index is 846. The Kier molecular flexibility index (Phi) is 3.81. The highest BCUT2D eigenvalue weighted by Gasteiger charge is 2.10. The summed E-state index contributed by atoms with van der Waals surface area (Å²) >= 11 is 1.62. The lowest BCUT2D eigenvalue weighted by molar-refractivity contribution is 1.16. The zero-order valence-electron chi connectivity index (χ0n) is 12.2. The maximum atomic E-state index is 8.81. The molecule has 5 nitrogen and oxygen atoms in total. The summed E-state index contributed by atoms with van der Waals surface area (Å²) < 4.78 is 0. The molecule has 0 radical (unpaired) electrons. The van der Waals surface area contributed by atoms with Gasteiger partial charge in [-0.1, -0.05) is 0 Å². The number of thiazole rings is 1. The SMILES string of the molecule is Cc1nc(C)c(-c2ccnc(Nc3ccc(C#N)cc3)n2)s1. The van der Waals surface area contributed by atoms with Crippen molar-refractivity contribution in [3.63, 3.8) is 0 Å². The van der Waals surface area contributed by atoms with Crippen molar-refractivity contribution >= 4 is 23.0 Å². The van der Waals surface area contributed by atoms with Crippen molar-refractivity contribution in [1.82, 2.24) is 15.0 Å². The van der Waals surface area contributed by atoms with E-state index >= 15 is 0 Å². The van der Waals surface area contributed by atoms with Crippen molar-refractivity contribution < 1.29 is 0 Å². The zero-order valence-corrected chi connectivity index (χ0v) is 13.0. The van der Waals surface area contributed by atoms with Crippen LogP contribution in [0.4, 0.5) is 11.6 Å². The van der Waals surface area contributed by atoms with Crippen LogP contribution >= 0.6 is 11.3 Å². The van der Waals surface area contributed by atoms with Gasteiger partial charge in [0.05, 0.1) is 32.9 Å². The third-order valence-electron chi connectivity index (χ3n) is 3.06. The van der Waals surface area contributed by atoms with Crippen LogP contribution in [0, 0.1) is 25.2 Å². The monoisotopic (exact) mass is 307 g/mol. The number of anilines is 2. The molecule has 0 saturated carbocycles. The molecular weight excluding hydrogens is 294 g/mol. The first-order valence-corrected chi connectivity index (χ1v) is 7.52. The smallest absolute Gasteiger partial charge is 0.227 e. The Morgan fingerprint density at radius 3 is 2.50 bits per heavy atom. The van der Waals surface area contributed by atoms with E-state index in [1.807, 2.05) is 32.0 Å². The fourth-order valence-electron chi connectivity index (χ4n) is 2.07. The fraction of sp³-hybridized carbons (Fsp3) is 0.125. The Morgan fingerprint density at radius 1 is 1.09 bits per heavy atom. The molecule has 108 valence electrons. The molecule has 2 aromatic heterocycles. The zero-order chi connectivity index (χ0) is 15.5. The van der Waals surface area contributed by atoms with E-state index in [2.05, 4.69) is 26.3 Å². The summed E-state index contributed by atoms with van der Waals surface area (Å²) in [5, 5.41) is 13.0. The molecule has 1 N–H and O–H groups in total. The highest BCUT2D eigenvalue weighted by molar-refractivity contribution is 7.15. The summed E-state index contributed by atoms with van der Waals surface area (Å²) in [5.74, 6) is 0.521. The Balaban J connectivity index is 1.88. The molecule has 0 aliphatic carbocycles. The summed E-state index contributed by atoms with van der Waals surface area (Å²) in [6.45, 7) is 3.97. The van der Waals surface area contributed by atoms with Crippen molar-refractivity contribution in [2.24, 2.45) is 0 Å². The Labute approximate surface area is 132 Å². The van der Waals surface area contributed by atoms with Gasteiger partial charge in [0.2, 0.25) is 5.95 Å². The second kappa shape index (κ2) is 5.92. The summed E-state index contributed by atoms with van der Waals surface area (Å²) in [4.78, 5) is 14.3. The van der Waals surface area contributed by atoms with Gasteiger partial charge in [0.15, 0.2) is 0 Å². The normalized spacial score (nSPS) is 10.2. The molecule has 0 fully saturated rings. The van der Waals surface area contributed by atoms with E-state index in [4.69, 9.17) is 5.26 Å². The number of nitrogens with one attached hydrogen (secondary N) is 1. The molecule has 0 atom stereocenters. The average Bonchev–Trinajstić information content (AvgIpc) is 2.87.